The maximum Gasteiger partial charge on any atom is 0.244 e. The third-order valence-electron chi connectivity index (χ3n) is 3.93. The molecule has 20 heavy (non-hydrogen) atoms. The molecule has 0 radical (unpaired) electrons. The first-order valence-corrected chi connectivity index (χ1v) is 8.34. The Morgan fingerprint density at radius 2 is 2.05 bits per heavy atom. The Balaban J connectivity index is 2.04. The summed E-state index contributed by atoms with van der Waals surface area (Å²) in [5, 5.41) is 9.34. The maximum atomic E-state index is 12.2. The Labute approximate surface area is 119 Å². The lowest BCUT2D eigenvalue weighted by molar-refractivity contribution is 0.136. The predicted octanol–water partition coefficient (Wildman–Crippen LogP) is 0.741. The molecule has 1 aliphatic carbocycles. The van der Waals surface area contributed by atoms with E-state index in [9.17, 15) is 13.5 Å². The van der Waals surface area contributed by atoms with Crippen LogP contribution in [0.1, 0.15) is 25.7 Å². The van der Waals surface area contributed by atoms with Crippen molar-refractivity contribution < 1.29 is 13.5 Å². The third-order valence-corrected chi connectivity index (χ3v) is 5.40. The fraction of sp³-hybridized carbons (Fsp3) is 0.615. The van der Waals surface area contributed by atoms with Crippen LogP contribution in [0.3, 0.4) is 0 Å². The lowest BCUT2D eigenvalue weighted by Crippen LogP contribution is -2.35. The van der Waals surface area contributed by atoms with E-state index in [1.54, 1.807) is 6.07 Å². The average Bonchev–Trinajstić information content (AvgIpc) is 2.46. The van der Waals surface area contributed by atoms with Crippen LogP contribution in [0.2, 0.25) is 0 Å². The van der Waals surface area contributed by atoms with E-state index in [1.807, 2.05) is 0 Å². The molecule has 4 N–H and O–H groups in total. The minimum atomic E-state index is -3.64. The highest BCUT2D eigenvalue weighted by Gasteiger charge is 2.26. The van der Waals surface area contributed by atoms with Gasteiger partial charge in [-0.3, -0.25) is 0 Å². The van der Waals surface area contributed by atoms with Gasteiger partial charge < -0.3 is 10.8 Å². The van der Waals surface area contributed by atoms with Gasteiger partial charge in [-0.15, -0.1) is 0 Å². The number of anilines is 1. The number of sulfonamides is 1. The Morgan fingerprint density at radius 1 is 1.35 bits per heavy atom. The van der Waals surface area contributed by atoms with E-state index in [2.05, 4.69) is 9.71 Å². The van der Waals surface area contributed by atoms with Crippen LogP contribution in [0.15, 0.2) is 23.2 Å². The first kappa shape index (κ1) is 15.2. The number of rotatable bonds is 5. The van der Waals surface area contributed by atoms with Gasteiger partial charge in [0, 0.05) is 19.3 Å². The van der Waals surface area contributed by atoms with Crippen molar-refractivity contribution >= 4 is 15.8 Å². The highest BCUT2D eigenvalue weighted by molar-refractivity contribution is 7.89. The van der Waals surface area contributed by atoms with E-state index in [1.165, 1.54) is 12.3 Å². The van der Waals surface area contributed by atoms with Gasteiger partial charge >= 0.3 is 0 Å². The van der Waals surface area contributed by atoms with Crippen molar-refractivity contribution in [2.75, 3.05) is 18.9 Å². The summed E-state index contributed by atoms with van der Waals surface area (Å²) in [7, 11) is -3.64. The molecule has 1 heterocycles. The van der Waals surface area contributed by atoms with Gasteiger partial charge in [0.1, 0.15) is 10.7 Å². The summed E-state index contributed by atoms with van der Waals surface area (Å²) in [6.45, 7) is 0.448. The normalized spacial score (nSPS) is 23.6. The van der Waals surface area contributed by atoms with E-state index in [-0.39, 0.29) is 29.2 Å². The second kappa shape index (κ2) is 6.51. The highest BCUT2D eigenvalue weighted by atomic mass is 32.2. The quantitative estimate of drug-likeness (QED) is 0.743. The molecule has 0 aliphatic heterocycles. The molecule has 2 atom stereocenters. The summed E-state index contributed by atoms with van der Waals surface area (Å²) in [6, 6.07) is 2.98. The predicted molar refractivity (Wildman–Crippen MR) is 76.4 cm³/mol. The molecule has 1 saturated carbocycles. The van der Waals surface area contributed by atoms with E-state index in [0.29, 0.717) is 6.54 Å². The molecule has 2 rings (SSSR count). The van der Waals surface area contributed by atoms with Crippen molar-refractivity contribution in [2.45, 2.75) is 30.6 Å². The van der Waals surface area contributed by atoms with E-state index >= 15 is 0 Å². The minimum Gasteiger partial charge on any atom is -0.396 e. The molecule has 0 saturated heterocycles. The monoisotopic (exact) mass is 299 g/mol. The van der Waals surface area contributed by atoms with Gasteiger partial charge in [0.05, 0.1) is 0 Å². The molecule has 112 valence electrons. The van der Waals surface area contributed by atoms with Crippen molar-refractivity contribution in [3.63, 3.8) is 0 Å². The molecule has 1 aromatic rings. The van der Waals surface area contributed by atoms with Gasteiger partial charge in [0.25, 0.3) is 0 Å². The number of nitrogens with one attached hydrogen (secondary N) is 1. The second-order valence-electron chi connectivity index (χ2n) is 5.23. The van der Waals surface area contributed by atoms with E-state index in [4.69, 9.17) is 5.73 Å². The Hall–Kier alpha value is -1.18. The van der Waals surface area contributed by atoms with Gasteiger partial charge in [0.2, 0.25) is 10.0 Å². The summed E-state index contributed by atoms with van der Waals surface area (Å²) in [5.74, 6) is 0.362. The Bertz CT molecular complexity index is 548. The molecule has 1 aromatic heterocycles. The second-order valence-corrected chi connectivity index (χ2v) is 6.96. The molecule has 1 fully saturated rings. The number of nitrogens with two attached hydrogens (primary N) is 1. The SMILES string of the molecule is Nc1ncccc1S(=O)(=O)NCC1CCCCC1CO. The van der Waals surface area contributed by atoms with E-state index in [0.717, 1.165) is 25.7 Å². The number of pyridine rings is 1. The number of nitrogen functional groups attached to an aromatic ring is 1. The number of hydrogen-bond acceptors (Lipinski definition) is 5. The summed E-state index contributed by atoms with van der Waals surface area (Å²) in [4.78, 5) is 3.80. The van der Waals surface area contributed by atoms with Crippen LogP contribution in [0, 0.1) is 11.8 Å². The zero-order valence-electron chi connectivity index (χ0n) is 11.3. The molecule has 6 nitrogen and oxygen atoms in total. The van der Waals surface area contributed by atoms with Gasteiger partial charge in [-0.05, 0) is 36.8 Å². The van der Waals surface area contributed by atoms with Crippen LogP contribution in [0.25, 0.3) is 0 Å². The summed E-state index contributed by atoms with van der Waals surface area (Å²) >= 11 is 0. The standard InChI is InChI=1S/C13H21N3O3S/c14-13-12(6-3-7-15-13)20(18,19)16-8-10-4-1-2-5-11(10)9-17/h3,6-7,10-11,16-17H,1-2,4-5,8-9H2,(H2,14,15). The molecule has 0 aromatic carbocycles. The largest absolute Gasteiger partial charge is 0.396 e. The van der Waals surface area contributed by atoms with Crippen molar-refractivity contribution in [1.29, 1.82) is 0 Å². The van der Waals surface area contributed by atoms with Crippen molar-refractivity contribution in [3.05, 3.63) is 18.3 Å². The molecular weight excluding hydrogens is 278 g/mol. The number of aromatic nitrogens is 1. The third kappa shape index (κ3) is 3.47. The average molecular weight is 299 g/mol. The van der Waals surface area contributed by atoms with Crippen molar-refractivity contribution in [2.24, 2.45) is 11.8 Å². The Morgan fingerprint density at radius 3 is 2.70 bits per heavy atom. The van der Waals surface area contributed by atoms with Gasteiger partial charge in [-0.25, -0.2) is 18.1 Å². The molecule has 0 amide bonds. The van der Waals surface area contributed by atoms with Gasteiger partial charge in [0.15, 0.2) is 0 Å². The molecule has 0 spiro atoms. The lowest BCUT2D eigenvalue weighted by atomic mass is 9.80. The van der Waals surface area contributed by atoms with Crippen LogP contribution in [-0.4, -0.2) is 31.7 Å². The maximum absolute atomic E-state index is 12.2. The Kier molecular flexibility index (Phi) is 4.95. The topological polar surface area (TPSA) is 105 Å². The first-order chi connectivity index (χ1) is 9.54. The fourth-order valence-electron chi connectivity index (χ4n) is 2.72. The first-order valence-electron chi connectivity index (χ1n) is 6.85. The highest BCUT2D eigenvalue weighted by Crippen LogP contribution is 2.29. The number of nitrogens with zero attached hydrogens (tertiary/aromatic N) is 1. The molecule has 7 heteroatoms. The molecule has 0 bridgehead atoms. The van der Waals surface area contributed by atoms with Crippen molar-refractivity contribution in [3.8, 4) is 0 Å². The van der Waals surface area contributed by atoms with Crippen LogP contribution in [0.4, 0.5) is 5.82 Å². The zero-order valence-corrected chi connectivity index (χ0v) is 12.1. The van der Waals surface area contributed by atoms with Gasteiger partial charge in [-0.2, -0.15) is 0 Å². The number of hydrogen-bond donors (Lipinski definition) is 3. The summed E-state index contributed by atoms with van der Waals surface area (Å²) < 4.78 is 27.0. The lowest BCUT2D eigenvalue weighted by Gasteiger charge is -2.30. The zero-order chi connectivity index (χ0) is 14.6. The molecule has 1 aliphatic rings. The van der Waals surface area contributed by atoms with Gasteiger partial charge in [-0.1, -0.05) is 12.8 Å². The molecular formula is C13H21N3O3S. The summed E-state index contributed by atoms with van der Waals surface area (Å²) in [6.07, 6.45) is 5.54. The van der Waals surface area contributed by atoms with Crippen LogP contribution in [-0.2, 0) is 10.0 Å². The van der Waals surface area contributed by atoms with Crippen LogP contribution in [0.5, 0.6) is 0 Å². The number of aliphatic hydroxyl groups excluding tert-OH is 1. The van der Waals surface area contributed by atoms with Crippen molar-refractivity contribution in [1.82, 2.24) is 9.71 Å². The molecule has 2 unspecified atom stereocenters. The summed E-state index contributed by atoms with van der Waals surface area (Å²) in [5.41, 5.74) is 5.60. The van der Waals surface area contributed by atoms with Crippen LogP contribution >= 0.6 is 0 Å². The van der Waals surface area contributed by atoms with Crippen LogP contribution < -0.4 is 10.5 Å². The van der Waals surface area contributed by atoms with E-state index < -0.39 is 10.0 Å². The minimum absolute atomic E-state index is 0.00218. The fourth-order valence-corrected chi connectivity index (χ4v) is 3.89. The smallest absolute Gasteiger partial charge is 0.244 e. The number of aliphatic hydroxyl groups is 1.